The number of anilines is 1. The van der Waals surface area contributed by atoms with Crippen molar-refractivity contribution in [3.05, 3.63) is 65.7 Å². The van der Waals surface area contributed by atoms with E-state index >= 15 is 0 Å². The number of hydrogen-bond donors (Lipinski definition) is 1. The fourth-order valence-corrected chi connectivity index (χ4v) is 5.34. The number of hydrogen-bond acceptors (Lipinski definition) is 3. The predicted octanol–water partition coefficient (Wildman–Crippen LogP) is 4.60. The number of piperidine rings is 1. The standard InChI is InChI=1S/C23H28N2O3S/c1-3-21-6-4-5-17-25(21)29(27,28)22-14-12-20(13-15-22)24-23(26)16-11-19-9-7-18(2)8-10-19/h7-16,21H,3-6,17H2,1-2H3,(H,24,26)/b16-11-/t21-/m1/s1. The van der Waals surface area contributed by atoms with E-state index < -0.39 is 10.0 Å². The SMILES string of the molecule is CC[C@@H]1CCCCN1S(=O)(=O)c1ccc(NC(=O)/C=C\c2ccc(C)cc2)cc1. The first-order chi connectivity index (χ1) is 13.9. The molecule has 0 bridgehead atoms. The summed E-state index contributed by atoms with van der Waals surface area (Å²) in [4.78, 5) is 12.4. The van der Waals surface area contributed by atoms with Gasteiger partial charge >= 0.3 is 0 Å². The highest BCUT2D eigenvalue weighted by Gasteiger charge is 2.32. The summed E-state index contributed by atoms with van der Waals surface area (Å²) in [7, 11) is -3.51. The molecule has 0 radical (unpaired) electrons. The van der Waals surface area contributed by atoms with Crippen molar-refractivity contribution in [2.45, 2.75) is 50.5 Å². The topological polar surface area (TPSA) is 66.5 Å². The summed E-state index contributed by atoms with van der Waals surface area (Å²) in [5.74, 6) is -0.261. The van der Waals surface area contributed by atoms with Crippen LogP contribution in [0.25, 0.3) is 6.08 Å². The van der Waals surface area contributed by atoms with Crippen LogP contribution in [0, 0.1) is 6.92 Å². The Balaban J connectivity index is 1.66. The van der Waals surface area contributed by atoms with Crippen LogP contribution < -0.4 is 5.32 Å². The molecule has 1 amide bonds. The van der Waals surface area contributed by atoms with Gasteiger partial charge < -0.3 is 5.32 Å². The van der Waals surface area contributed by atoms with E-state index in [9.17, 15) is 13.2 Å². The van der Waals surface area contributed by atoms with Crippen molar-refractivity contribution >= 4 is 27.7 Å². The van der Waals surface area contributed by atoms with Gasteiger partial charge in [-0.2, -0.15) is 4.31 Å². The summed E-state index contributed by atoms with van der Waals surface area (Å²) in [5.41, 5.74) is 2.67. The molecule has 1 atom stereocenters. The van der Waals surface area contributed by atoms with Crippen LogP contribution in [0.5, 0.6) is 0 Å². The maximum Gasteiger partial charge on any atom is 0.248 e. The molecule has 1 heterocycles. The average Bonchev–Trinajstić information content (AvgIpc) is 2.73. The van der Waals surface area contributed by atoms with Gasteiger partial charge in [0.1, 0.15) is 0 Å². The molecule has 5 nitrogen and oxygen atoms in total. The first-order valence-corrected chi connectivity index (χ1v) is 11.5. The number of sulfonamides is 1. The van der Waals surface area contributed by atoms with E-state index in [0.717, 1.165) is 36.8 Å². The van der Waals surface area contributed by atoms with Crippen LogP contribution in [-0.4, -0.2) is 31.2 Å². The van der Waals surface area contributed by atoms with Crippen molar-refractivity contribution in [2.75, 3.05) is 11.9 Å². The molecule has 0 aromatic heterocycles. The van der Waals surface area contributed by atoms with Crippen molar-refractivity contribution in [3.8, 4) is 0 Å². The van der Waals surface area contributed by atoms with Crippen molar-refractivity contribution in [3.63, 3.8) is 0 Å². The minimum Gasteiger partial charge on any atom is -0.323 e. The summed E-state index contributed by atoms with van der Waals surface area (Å²) in [6.45, 7) is 4.61. The fraction of sp³-hybridized carbons (Fsp3) is 0.348. The van der Waals surface area contributed by atoms with Gasteiger partial charge in [-0.25, -0.2) is 8.42 Å². The Bertz CT molecular complexity index is 964. The maximum atomic E-state index is 13.0. The number of amides is 1. The number of nitrogens with zero attached hydrogens (tertiary/aromatic N) is 1. The van der Waals surface area contributed by atoms with Gasteiger partial charge in [0.25, 0.3) is 0 Å². The summed E-state index contributed by atoms with van der Waals surface area (Å²) in [5, 5.41) is 2.77. The first kappa shape index (κ1) is 21.3. The lowest BCUT2D eigenvalue weighted by Crippen LogP contribution is -2.43. The molecule has 0 unspecified atom stereocenters. The summed E-state index contributed by atoms with van der Waals surface area (Å²) in [6, 6.07) is 14.3. The number of nitrogens with one attached hydrogen (secondary N) is 1. The molecule has 1 aliphatic rings. The zero-order chi connectivity index (χ0) is 20.9. The molecule has 0 saturated carbocycles. The smallest absolute Gasteiger partial charge is 0.248 e. The summed E-state index contributed by atoms with van der Waals surface area (Å²) < 4.78 is 27.6. The van der Waals surface area contributed by atoms with Crippen molar-refractivity contribution in [1.29, 1.82) is 0 Å². The number of benzene rings is 2. The number of rotatable bonds is 6. The third-order valence-electron chi connectivity index (χ3n) is 5.28. The second-order valence-corrected chi connectivity index (χ2v) is 9.32. The molecule has 1 saturated heterocycles. The van der Waals surface area contributed by atoms with Gasteiger partial charge in [-0.15, -0.1) is 0 Å². The van der Waals surface area contributed by atoms with E-state index in [0.29, 0.717) is 12.2 Å². The Morgan fingerprint density at radius 2 is 1.79 bits per heavy atom. The zero-order valence-corrected chi connectivity index (χ0v) is 17.8. The monoisotopic (exact) mass is 412 g/mol. The highest BCUT2D eigenvalue weighted by atomic mass is 32.2. The molecule has 0 aliphatic carbocycles. The van der Waals surface area contributed by atoms with Crippen LogP contribution in [-0.2, 0) is 14.8 Å². The summed E-state index contributed by atoms with van der Waals surface area (Å²) in [6.07, 6.45) is 6.92. The first-order valence-electron chi connectivity index (χ1n) is 10.1. The Labute approximate surface area is 173 Å². The van der Waals surface area contributed by atoms with Crippen LogP contribution in [0.15, 0.2) is 59.5 Å². The molecule has 2 aromatic rings. The molecular weight excluding hydrogens is 384 g/mol. The predicted molar refractivity (Wildman–Crippen MR) is 117 cm³/mol. The highest BCUT2D eigenvalue weighted by molar-refractivity contribution is 7.89. The van der Waals surface area contributed by atoms with Gasteiger partial charge in [0.15, 0.2) is 0 Å². The molecule has 29 heavy (non-hydrogen) atoms. The minimum absolute atomic E-state index is 0.0695. The van der Waals surface area contributed by atoms with Crippen molar-refractivity contribution in [1.82, 2.24) is 4.31 Å². The number of carbonyl (C=O) groups excluding carboxylic acids is 1. The molecule has 6 heteroatoms. The van der Waals surface area contributed by atoms with Gasteiger partial charge in [-0.1, -0.05) is 43.2 Å². The van der Waals surface area contributed by atoms with Gasteiger partial charge in [-0.05, 0) is 62.1 Å². The lowest BCUT2D eigenvalue weighted by Gasteiger charge is -2.34. The van der Waals surface area contributed by atoms with E-state index in [2.05, 4.69) is 5.32 Å². The van der Waals surface area contributed by atoms with Crippen LogP contribution in [0.4, 0.5) is 5.69 Å². The zero-order valence-electron chi connectivity index (χ0n) is 17.0. The Kier molecular flexibility index (Phi) is 6.87. The Morgan fingerprint density at radius 3 is 2.45 bits per heavy atom. The quantitative estimate of drug-likeness (QED) is 0.705. The molecule has 3 rings (SSSR count). The van der Waals surface area contributed by atoms with E-state index in [1.165, 1.54) is 6.08 Å². The average molecular weight is 413 g/mol. The molecule has 154 valence electrons. The van der Waals surface area contributed by atoms with E-state index in [1.54, 1.807) is 34.6 Å². The van der Waals surface area contributed by atoms with Crippen LogP contribution in [0.3, 0.4) is 0 Å². The van der Waals surface area contributed by atoms with E-state index in [1.807, 2.05) is 38.1 Å². The van der Waals surface area contributed by atoms with Crippen LogP contribution >= 0.6 is 0 Å². The molecule has 1 fully saturated rings. The van der Waals surface area contributed by atoms with E-state index in [4.69, 9.17) is 0 Å². The largest absolute Gasteiger partial charge is 0.323 e. The van der Waals surface area contributed by atoms with E-state index in [-0.39, 0.29) is 16.8 Å². The minimum atomic E-state index is -3.51. The number of aryl methyl sites for hydroxylation is 1. The normalized spacial score (nSPS) is 18.1. The van der Waals surface area contributed by atoms with Crippen LogP contribution in [0.1, 0.15) is 43.7 Å². The van der Waals surface area contributed by atoms with Gasteiger partial charge in [-0.3, -0.25) is 4.79 Å². The third-order valence-corrected chi connectivity index (χ3v) is 7.24. The maximum absolute atomic E-state index is 13.0. The fourth-order valence-electron chi connectivity index (χ4n) is 3.58. The van der Waals surface area contributed by atoms with Gasteiger partial charge in [0.05, 0.1) is 4.90 Å². The Morgan fingerprint density at radius 1 is 1.10 bits per heavy atom. The third kappa shape index (κ3) is 5.34. The Hall–Kier alpha value is -2.44. The van der Waals surface area contributed by atoms with Gasteiger partial charge in [0, 0.05) is 24.4 Å². The number of carbonyl (C=O) groups is 1. The molecule has 2 aromatic carbocycles. The molecule has 0 spiro atoms. The summed E-state index contributed by atoms with van der Waals surface area (Å²) >= 11 is 0. The molecule has 1 N–H and O–H groups in total. The highest BCUT2D eigenvalue weighted by Crippen LogP contribution is 2.27. The lowest BCUT2D eigenvalue weighted by atomic mass is 10.0. The van der Waals surface area contributed by atoms with Crippen LogP contribution in [0.2, 0.25) is 0 Å². The van der Waals surface area contributed by atoms with Crippen molar-refractivity contribution < 1.29 is 13.2 Å². The molecule has 1 aliphatic heterocycles. The second kappa shape index (κ2) is 9.37. The van der Waals surface area contributed by atoms with Gasteiger partial charge in [0.2, 0.25) is 15.9 Å². The lowest BCUT2D eigenvalue weighted by molar-refractivity contribution is -0.111. The van der Waals surface area contributed by atoms with Crippen molar-refractivity contribution in [2.24, 2.45) is 0 Å². The second-order valence-electron chi connectivity index (χ2n) is 7.43. The molecular formula is C23H28N2O3S.